The molecule has 1 fully saturated rings. The SMILES string of the molecule is CC1CNC(=O)N1CCC(=O)O. The van der Waals surface area contributed by atoms with Crippen molar-refractivity contribution in [3.63, 3.8) is 0 Å². The monoisotopic (exact) mass is 172 g/mol. The van der Waals surface area contributed by atoms with Crippen molar-refractivity contribution in [2.45, 2.75) is 19.4 Å². The average Bonchev–Trinajstić information content (AvgIpc) is 2.28. The number of urea groups is 1. The van der Waals surface area contributed by atoms with E-state index in [0.29, 0.717) is 13.1 Å². The molecule has 2 N–H and O–H groups in total. The Balaban J connectivity index is 2.39. The zero-order valence-electron chi connectivity index (χ0n) is 6.91. The number of amides is 2. The van der Waals surface area contributed by atoms with E-state index in [1.54, 1.807) is 0 Å². The number of hydrogen-bond donors (Lipinski definition) is 2. The van der Waals surface area contributed by atoms with E-state index in [9.17, 15) is 9.59 Å². The van der Waals surface area contributed by atoms with E-state index in [2.05, 4.69) is 5.32 Å². The van der Waals surface area contributed by atoms with Crippen LogP contribution in [-0.4, -0.2) is 41.1 Å². The summed E-state index contributed by atoms with van der Waals surface area (Å²) in [5, 5.41) is 11.0. The number of nitrogens with zero attached hydrogens (tertiary/aromatic N) is 1. The molecule has 1 heterocycles. The van der Waals surface area contributed by atoms with Crippen molar-refractivity contribution in [2.75, 3.05) is 13.1 Å². The summed E-state index contributed by atoms with van der Waals surface area (Å²) in [5.41, 5.74) is 0. The molecule has 0 bridgehead atoms. The van der Waals surface area contributed by atoms with Crippen LogP contribution in [0.2, 0.25) is 0 Å². The lowest BCUT2D eigenvalue weighted by Crippen LogP contribution is -2.34. The number of carboxylic acid groups (broad SMARTS) is 1. The molecule has 5 nitrogen and oxygen atoms in total. The van der Waals surface area contributed by atoms with Crippen molar-refractivity contribution in [1.82, 2.24) is 10.2 Å². The number of rotatable bonds is 3. The van der Waals surface area contributed by atoms with Crippen LogP contribution in [0.3, 0.4) is 0 Å². The molecule has 12 heavy (non-hydrogen) atoms. The maximum atomic E-state index is 11.0. The van der Waals surface area contributed by atoms with Gasteiger partial charge >= 0.3 is 12.0 Å². The first-order valence-corrected chi connectivity index (χ1v) is 3.87. The van der Waals surface area contributed by atoms with E-state index in [4.69, 9.17) is 5.11 Å². The van der Waals surface area contributed by atoms with Crippen LogP contribution in [0.5, 0.6) is 0 Å². The molecule has 0 spiro atoms. The lowest BCUT2D eigenvalue weighted by atomic mass is 10.3. The molecular weight excluding hydrogens is 160 g/mol. The molecule has 2 amide bonds. The largest absolute Gasteiger partial charge is 0.481 e. The Morgan fingerprint density at radius 1 is 1.83 bits per heavy atom. The molecule has 1 aliphatic heterocycles. The molecule has 1 unspecified atom stereocenters. The van der Waals surface area contributed by atoms with E-state index in [-0.39, 0.29) is 18.5 Å². The van der Waals surface area contributed by atoms with Crippen molar-refractivity contribution in [1.29, 1.82) is 0 Å². The lowest BCUT2D eigenvalue weighted by Gasteiger charge is -2.17. The molecule has 1 atom stereocenters. The van der Waals surface area contributed by atoms with Gasteiger partial charge in [0, 0.05) is 19.1 Å². The predicted octanol–water partition coefficient (Wildman–Crippen LogP) is -0.125. The van der Waals surface area contributed by atoms with Crippen molar-refractivity contribution in [3.8, 4) is 0 Å². The zero-order chi connectivity index (χ0) is 9.14. The van der Waals surface area contributed by atoms with Gasteiger partial charge in [0.2, 0.25) is 0 Å². The van der Waals surface area contributed by atoms with Gasteiger partial charge in [0.05, 0.1) is 6.42 Å². The Bertz CT molecular complexity index is 205. The van der Waals surface area contributed by atoms with Gasteiger partial charge in [0.25, 0.3) is 0 Å². The molecule has 1 aliphatic rings. The first-order chi connectivity index (χ1) is 5.61. The number of carbonyl (C=O) groups is 2. The summed E-state index contributed by atoms with van der Waals surface area (Å²) < 4.78 is 0. The quantitative estimate of drug-likeness (QED) is 0.623. The fourth-order valence-corrected chi connectivity index (χ4v) is 1.18. The third-order valence-corrected chi connectivity index (χ3v) is 1.91. The molecule has 0 aromatic heterocycles. The van der Waals surface area contributed by atoms with E-state index in [0.717, 1.165) is 0 Å². The highest BCUT2D eigenvalue weighted by atomic mass is 16.4. The summed E-state index contributed by atoms with van der Waals surface area (Å²) in [6, 6.07) is -0.0550. The minimum Gasteiger partial charge on any atom is -0.481 e. The fourth-order valence-electron chi connectivity index (χ4n) is 1.18. The van der Waals surface area contributed by atoms with Gasteiger partial charge in [-0.3, -0.25) is 4.79 Å². The molecular formula is C7H12N2O3. The van der Waals surface area contributed by atoms with Gasteiger partial charge < -0.3 is 15.3 Å². The summed E-state index contributed by atoms with van der Waals surface area (Å²) in [6.45, 7) is 2.79. The smallest absolute Gasteiger partial charge is 0.317 e. The highest BCUT2D eigenvalue weighted by molar-refractivity contribution is 5.77. The minimum atomic E-state index is -0.873. The Kier molecular flexibility index (Phi) is 2.52. The van der Waals surface area contributed by atoms with Crippen LogP contribution >= 0.6 is 0 Å². The Morgan fingerprint density at radius 2 is 2.50 bits per heavy atom. The fraction of sp³-hybridized carbons (Fsp3) is 0.714. The minimum absolute atomic E-state index is 0.0117. The zero-order valence-corrected chi connectivity index (χ0v) is 6.91. The molecule has 0 radical (unpaired) electrons. The molecule has 0 aromatic carbocycles. The Labute approximate surface area is 70.4 Å². The Morgan fingerprint density at radius 3 is 2.92 bits per heavy atom. The maximum Gasteiger partial charge on any atom is 0.317 e. The molecule has 5 heteroatoms. The van der Waals surface area contributed by atoms with Crippen LogP contribution in [-0.2, 0) is 4.79 Å². The van der Waals surface area contributed by atoms with Crippen LogP contribution < -0.4 is 5.32 Å². The second kappa shape index (κ2) is 3.42. The second-order valence-electron chi connectivity index (χ2n) is 2.87. The van der Waals surface area contributed by atoms with E-state index < -0.39 is 5.97 Å². The molecule has 1 rings (SSSR count). The summed E-state index contributed by atoms with van der Waals surface area (Å²) in [4.78, 5) is 22.8. The van der Waals surface area contributed by atoms with Gasteiger partial charge in [-0.05, 0) is 6.92 Å². The second-order valence-corrected chi connectivity index (χ2v) is 2.87. The van der Waals surface area contributed by atoms with E-state index in [1.165, 1.54) is 4.90 Å². The Hall–Kier alpha value is -1.26. The number of carbonyl (C=O) groups excluding carboxylic acids is 1. The molecule has 0 aromatic rings. The number of nitrogens with one attached hydrogen (secondary N) is 1. The van der Waals surface area contributed by atoms with Crippen LogP contribution in [0.25, 0.3) is 0 Å². The van der Waals surface area contributed by atoms with Gasteiger partial charge in [-0.15, -0.1) is 0 Å². The first-order valence-electron chi connectivity index (χ1n) is 3.87. The molecule has 0 saturated carbocycles. The molecule has 1 saturated heterocycles. The van der Waals surface area contributed by atoms with Crippen molar-refractivity contribution >= 4 is 12.0 Å². The topological polar surface area (TPSA) is 69.6 Å². The summed E-state index contributed by atoms with van der Waals surface area (Å²) >= 11 is 0. The number of aliphatic carboxylic acids is 1. The standard InChI is InChI=1S/C7H12N2O3/c1-5-4-8-7(12)9(5)3-2-6(10)11/h5H,2-4H2,1H3,(H,8,12)(H,10,11). The highest BCUT2D eigenvalue weighted by Gasteiger charge is 2.26. The number of carboxylic acids is 1. The first kappa shape index (κ1) is 8.83. The van der Waals surface area contributed by atoms with Crippen molar-refractivity contribution in [2.24, 2.45) is 0 Å². The number of hydrogen-bond acceptors (Lipinski definition) is 2. The molecule has 0 aliphatic carbocycles. The van der Waals surface area contributed by atoms with E-state index >= 15 is 0 Å². The van der Waals surface area contributed by atoms with Gasteiger partial charge in [0.1, 0.15) is 0 Å². The normalized spacial score (nSPS) is 22.6. The van der Waals surface area contributed by atoms with Crippen LogP contribution in [0.1, 0.15) is 13.3 Å². The van der Waals surface area contributed by atoms with E-state index in [1.807, 2.05) is 6.92 Å². The maximum absolute atomic E-state index is 11.0. The van der Waals surface area contributed by atoms with Gasteiger partial charge in [-0.1, -0.05) is 0 Å². The van der Waals surface area contributed by atoms with Crippen molar-refractivity contribution in [3.05, 3.63) is 0 Å². The highest BCUT2D eigenvalue weighted by Crippen LogP contribution is 2.06. The predicted molar refractivity (Wildman–Crippen MR) is 41.8 cm³/mol. The van der Waals surface area contributed by atoms with Gasteiger partial charge in [0.15, 0.2) is 0 Å². The summed E-state index contributed by atoms with van der Waals surface area (Å²) in [5.74, 6) is -0.873. The third kappa shape index (κ3) is 1.87. The van der Waals surface area contributed by atoms with Crippen LogP contribution in [0.15, 0.2) is 0 Å². The average molecular weight is 172 g/mol. The van der Waals surface area contributed by atoms with Crippen LogP contribution in [0.4, 0.5) is 4.79 Å². The van der Waals surface area contributed by atoms with Gasteiger partial charge in [-0.2, -0.15) is 0 Å². The van der Waals surface area contributed by atoms with Gasteiger partial charge in [-0.25, -0.2) is 4.79 Å². The van der Waals surface area contributed by atoms with Crippen molar-refractivity contribution < 1.29 is 14.7 Å². The third-order valence-electron chi connectivity index (χ3n) is 1.91. The lowest BCUT2D eigenvalue weighted by molar-refractivity contribution is -0.137. The summed E-state index contributed by atoms with van der Waals surface area (Å²) in [6.07, 6.45) is 0.0117. The van der Waals surface area contributed by atoms with Crippen LogP contribution in [0, 0.1) is 0 Å². The molecule has 68 valence electrons. The summed E-state index contributed by atoms with van der Waals surface area (Å²) in [7, 11) is 0.